The van der Waals surface area contributed by atoms with Gasteiger partial charge in [-0.1, -0.05) is 122 Å². The van der Waals surface area contributed by atoms with Gasteiger partial charge in [-0.3, -0.25) is 0 Å². The average Bonchev–Trinajstić information content (AvgIpc) is 2.91. The zero-order valence-electron chi connectivity index (χ0n) is 19.2. The van der Waals surface area contributed by atoms with Gasteiger partial charge in [0.25, 0.3) is 0 Å². The lowest BCUT2D eigenvalue weighted by Crippen LogP contribution is -2.03. The van der Waals surface area contributed by atoms with E-state index in [-0.39, 0.29) is 0 Å². The molecule has 0 amide bonds. The van der Waals surface area contributed by atoms with Gasteiger partial charge in [0.15, 0.2) is 0 Å². The van der Waals surface area contributed by atoms with Crippen LogP contribution in [0.1, 0.15) is 22.3 Å². The fraction of sp³-hybridized carbons (Fsp3) is 0.0625. The summed E-state index contributed by atoms with van der Waals surface area (Å²) in [5.74, 6) is 1.61. The molecule has 168 valence electrons. The van der Waals surface area contributed by atoms with Crippen molar-refractivity contribution in [1.29, 1.82) is 0 Å². The van der Waals surface area contributed by atoms with E-state index in [9.17, 15) is 0 Å². The highest BCUT2D eigenvalue weighted by Gasteiger charge is 2.21. The van der Waals surface area contributed by atoms with Crippen LogP contribution in [0.4, 0.5) is 0 Å². The molecule has 0 spiro atoms. The molecule has 0 atom stereocenters. The third kappa shape index (κ3) is 5.19. The third-order valence-electron chi connectivity index (χ3n) is 5.40. The van der Waals surface area contributed by atoms with Gasteiger partial charge in [-0.2, -0.15) is 0 Å². The van der Waals surface area contributed by atoms with Crippen LogP contribution in [0.25, 0.3) is 11.1 Å². The summed E-state index contributed by atoms with van der Waals surface area (Å²) >= 11 is 0. The Balaban J connectivity index is 2.10. The highest BCUT2D eigenvalue weighted by Crippen LogP contribution is 2.42. The first-order valence-electron chi connectivity index (χ1n) is 11.3. The molecule has 0 fully saturated rings. The first-order chi connectivity index (χ1) is 16.8. The van der Waals surface area contributed by atoms with E-state index >= 15 is 0 Å². The lowest BCUT2D eigenvalue weighted by Gasteiger charge is -2.21. The Bertz CT molecular complexity index is 1170. The van der Waals surface area contributed by atoms with Crippen LogP contribution >= 0.6 is 0 Å². The molecule has 0 aromatic heterocycles. The molecule has 0 saturated heterocycles. The Morgan fingerprint density at radius 3 is 1.24 bits per heavy atom. The number of benzene rings is 4. The van der Waals surface area contributed by atoms with Crippen molar-refractivity contribution in [1.82, 2.24) is 0 Å². The molecule has 0 aliphatic rings. The van der Waals surface area contributed by atoms with Crippen LogP contribution in [0.3, 0.4) is 0 Å². The Labute approximate surface area is 202 Å². The zero-order chi connectivity index (χ0) is 23.6. The van der Waals surface area contributed by atoms with Gasteiger partial charge >= 0.3 is 0 Å². The Morgan fingerprint density at radius 2 is 0.853 bits per heavy atom. The zero-order valence-corrected chi connectivity index (χ0v) is 19.2. The lowest BCUT2D eigenvalue weighted by molar-refractivity contribution is 0.361. The van der Waals surface area contributed by atoms with Crippen LogP contribution in [0.15, 0.2) is 135 Å². The van der Waals surface area contributed by atoms with Crippen molar-refractivity contribution in [2.45, 2.75) is 0 Å². The summed E-state index contributed by atoms with van der Waals surface area (Å²) in [6.07, 6.45) is 3.53. The maximum atomic E-state index is 6.11. The van der Waals surface area contributed by atoms with Gasteiger partial charge in [-0.05, 0) is 23.3 Å². The SMILES string of the molecule is C=CCOc1ccccc1C(=C(c1ccccc1)c1ccccc1OCC=C)c1ccccc1. The van der Waals surface area contributed by atoms with E-state index in [0.717, 1.165) is 44.9 Å². The normalized spacial score (nSPS) is 11.3. The van der Waals surface area contributed by atoms with Crippen LogP contribution in [0.2, 0.25) is 0 Å². The van der Waals surface area contributed by atoms with Gasteiger partial charge in [-0.15, -0.1) is 0 Å². The van der Waals surface area contributed by atoms with Gasteiger partial charge in [0.2, 0.25) is 0 Å². The molecule has 0 heterocycles. The second-order valence-corrected chi connectivity index (χ2v) is 7.67. The van der Waals surface area contributed by atoms with Crippen molar-refractivity contribution in [3.05, 3.63) is 157 Å². The summed E-state index contributed by atoms with van der Waals surface area (Å²) < 4.78 is 12.2. The van der Waals surface area contributed by atoms with Crippen molar-refractivity contribution >= 4 is 11.1 Å². The van der Waals surface area contributed by atoms with Crippen molar-refractivity contribution in [3.8, 4) is 11.5 Å². The average molecular weight is 445 g/mol. The number of rotatable bonds is 10. The summed E-state index contributed by atoms with van der Waals surface area (Å²) in [6, 6.07) is 37.1. The molecular weight excluding hydrogens is 416 g/mol. The van der Waals surface area contributed by atoms with Gasteiger partial charge in [0, 0.05) is 22.3 Å². The predicted octanol–water partition coefficient (Wildman–Crippen LogP) is 7.82. The second-order valence-electron chi connectivity index (χ2n) is 7.67. The maximum absolute atomic E-state index is 6.11. The molecule has 0 aliphatic carbocycles. The van der Waals surface area contributed by atoms with Gasteiger partial charge in [0.1, 0.15) is 24.7 Å². The maximum Gasteiger partial charge on any atom is 0.127 e. The molecule has 34 heavy (non-hydrogen) atoms. The largest absolute Gasteiger partial charge is 0.489 e. The minimum Gasteiger partial charge on any atom is -0.489 e. The van der Waals surface area contributed by atoms with Gasteiger partial charge in [-0.25, -0.2) is 0 Å². The molecule has 0 N–H and O–H groups in total. The number of para-hydroxylation sites is 2. The fourth-order valence-corrected chi connectivity index (χ4v) is 3.97. The Morgan fingerprint density at radius 1 is 0.500 bits per heavy atom. The molecule has 4 aromatic carbocycles. The molecule has 0 radical (unpaired) electrons. The van der Waals surface area contributed by atoms with E-state index in [4.69, 9.17) is 9.47 Å². The van der Waals surface area contributed by atoms with Crippen LogP contribution in [0.5, 0.6) is 11.5 Å². The summed E-state index contributed by atoms with van der Waals surface area (Å²) in [4.78, 5) is 0. The predicted molar refractivity (Wildman–Crippen MR) is 142 cm³/mol. The topological polar surface area (TPSA) is 18.5 Å². The first-order valence-corrected chi connectivity index (χ1v) is 11.3. The number of hydrogen-bond acceptors (Lipinski definition) is 2. The Kier molecular flexibility index (Phi) is 7.76. The minimum absolute atomic E-state index is 0.429. The fourth-order valence-electron chi connectivity index (χ4n) is 3.97. The van der Waals surface area contributed by atoms with E-state index < -0.39 is 0 Å². The smallest absolute Gasteiger partial charge is 0.127 e. The van der Waals surface area contributed by atoms with Crippen LogP contribution in [-0.2, 0) is 0 Å². The van der Waals surface area contributed by atoms with Gasteiger partial charge < -0.3 is 9.47 Å². The highest BCUT2D eigenvalue weighted by atomic mass is 16.5. The van der Waals surface area contributed by atoms with Crippen LogP contribution < -0.4 is 9.47 Å². The van der Waals surface area contributed by atoms with E-state index in [2.05, 4.69) is 73.8 Å². The minimum atomic E-state index is 0.429. The summed E-state index contributed by atoms with van der Waals surface area (Å²) in [6.45, 7) is 8.49. The van der Waals surface area contributed by atoms with Crippen molar-refractivity contribution in [2.75, 3.05) is 13.2 Å². The molecule has 0 aliphatic heterocycles. The van der Waals surface area contributed by atoms with Crippen molar-refractivity contribution in [2.24, 2.45) is 0 Å². The van der Waals surface area contributed by atoms with E-state index in [1.54, 1.807) is 12.2 Å². The highest BCUT2D eigenvalue weighted by molar-refractivity contribution is 6.06. The van der Waals surface area contributed by atoms with Crippen LogP contribution in [-0.4, -0.2) is 13.2 Å². The third-order valence-corrected chi connectivity index (χ3v) is 5.40. The van der Waals surface area contributed by atoms with E-state index in [0.29, 0.717) is 13.2 Å². The molecular formula is C32H28O2. The molecule has 0 bridgehead atoms. The second kappa shape index (κ2) is 11.5. The number of hydrogen-bond donors (Lipinski definition) is 0. The summed E-state index contributed by atoms with van der Waals surface area (Å²) in [5.41, 5.74) is 6.34. The first kappa shape index (κ1) is 22.9. The lowest BCUT2D eigenvalue weighted by atomic mass is 9.85. The van der Waals surface area contributed by atoms with Gasteiger partial charge in [0.05, 0.1) is 0 Å². The van der Waals surface area contributed by atoms with Crippen LogP contribution in [0, 0.1) is 0 Å². The molecule has 2 nitrogen and oxygen atoms in total. The molecule has 0 unspecified atom stereocenters. The molecule has 4 aromatic rings. The Hall–Kier alpha value is -4.30. The standard InChI is InChI=1S/C32H28O2/c1-3-23-33-29-21-13-11-19-27(29)31(25-15-7-5-8-16-25)32(26-17-9-6-10-18-26)28-20-12-14-22-30(28)34-24-4-2/h3-22H,1-2,23-24H2. The van der Waals surface area contributed by atoms with E-state index in [1.807, 2.05) is 48.5 Å². The summed E-state index contributed by atoms with van der Waals surface area (Å²) in [7, 11) is 0. The molecule has 0 saturated carbocycles. The van der Waals surface area contributed by atoms with Crippen molar-refractivity contribution in [3.63, 3.8) is 0 Å². The van der Waals surface area contributed by atoms with E-state index in [1.165, 1.54) is 0 Å². The quantitative estimate of drug-likeness (QED) is 0.183. The van der Waals surface area contributed by atoms with Crippen molar-refractivity contribution < 1.29 is 9.47 Å². The number of ether oxygens (including phenoxy) is 2. The molecule has 4 rings (SSSR count). The molecule has 2 heteroatoms. The summed E-state index contributed by atoms with van der Waals surface area (Å²) in [5, 5.41) is 0. The monoisotopic (exact) mass is 444 g/mol.